The molecular weight excluding hydrogens is 288 g/mol. The van der Waals surface area contributed by atoms with Crippen LogP contribution in [0.25, 0.3) is 0 Å². The van der Waals surface area contributed by atoms with Crippen molar-refractivity contribution < 1.29 is 14.3 Å². The van der Waals surface area contributed by atoms with Gasteiger partial charge in [0.1, 0.15) is 5.75 Å². The van der Waals surface area contributed by atoms with Gasteiger partial charge in [0.15, 0.2) is 0 Å². The third kappa shape index (κ3) is 6.89. The molecule has 1 aliphatic rings. The van der Waals surface area contributed by atoms with E-state index in [2.05, 4.69) is 13.0 Å². The molecule has 1 aromatic rings. The molecule has 0 bridgehead atoms. The molecule has 126 valence electrons. The fraction of sp³-hybridized carbons (Fsp3) is 0.550. The molecule has 0 aliphatic heterocycles. The standard InChI is InChI=1S/C20H28O3/c1-2-8-17-12-14-18(15-13-17)9-6-7-16-22-20(21)23-19-10-4-3-5-11-19/h3-5,10-11,14,17H,2,6-9,12-13,15-16H2,1H3. The van der Waals surface area contributed by atoms with Crippen molar-refractivity contribution in [1.82, 2.24) is 0 Å². The summed E-state index contributed by atoms with van der Waals surface area (Å²) in [5.74, 6) is 1.42. The number of carbonyl (C=O) groups excluding carboxylic acids is 1. The van der Waals surface area contributed by atoms with E-state index in [1.54, 1.807) is 17.7 Å². The van der Waals surface area contributed by atoms with Crippen LogP contribution in [-0.4, -0.2) is 12.8 Å². The van der Waals surface area contributed by atoms with Crippen LogP contribution in [0.2, 0.25) is 0 Å². The van der Waals surface area contributed by atoms with E-state index < -0.39 is 6.16 Å². The van der Waals surface area contributed by atoms with E-state index in [0.717, 1.165) is 25.2 Å². The average molecular weight is 316 g/mol. The molecule has 0 saturated carbocycles. The van der Waals surface area contributed by atoms with Crippen molar-refractivity contribution in [3.63, 3.8) is 0 Å². The van der Waals surface area contributed by atoms with Gasteiger partial charge in [-0.05, 0) is 56.6 Å². The summed E-state index contributed by atoms with van der Waals surface area (Å²) in [5.41, 5.74) is 1.59. The smallest absolute Gasteiger partial charge is 0.434 e. The molecule has 1 atom stereocenters. The summed E-state index contributed by atoms with van der Waals surface area (Å²) in [6.07, 6.45) is 11.4. The van der Waals surface area contributed by atoms with Crippen LogP contribution in [0, 0.1) is 5.92 Å². The topological polar surface area (TPSA) is 35.5 Å². The molecule has 23 heavy (non-hydrogen) atoms. The summed E-state index contributed by atoms with van der Waals surface area (Å²) in [4.78, 5) is 11.5. The van der Waals surface area contributed by atoms with E-state index in [1.165, 1.54) is 32.1 Å². The Bertz CT molecular complexity index is 493. The molecule has 0 saturated heterocycles. The molecule has 3 heteroatoms. The number of ether oxygens (including phenoxy) is 2. The lowest BCUT2D eigenvalue weighted by Crippen LogP contribution is -2.11. The summed E-state index contributed by atoms with van der Waals surface area (Å²) >= 11 is 0. The molecule has 0 aromatic heterocycles. The van der Waals surface area contributed by atoms with E-state index in [-0.39, 0.29) is 0 Å². The lowest BCUT2D eigenvalue weighted by Gasteiger charge is -2.21. The summed E-state index contributed by atoms with van der Waals surface area (Å²) in [7, 11) is 0. The van der Waals surface area contributed by atoms with Crippen molar-refractivity contribution in [2.45, 2.75) is 58.3 Å². The second-order valence-electron chi connectivity index (χ2n) is 6.26. The average Bonchev–Trinajstić information content (AvgIpc) is 2.57. The predicted molar refractivity (Wildman–Crippen MR) is 92.6 cm³/mol. The van der Waals surface area contributed by atoms with Crippen LogP contribution in [0.4, 0.5) is 4.79 Å². The van der Waals surface area contributed by atoms with Gasteiger partial charge in [0.05, 0.1) is 6.61 Å². The van der Waals surface area contributed by atoms with Crippen molar-refractivity contribution in [3.8, 4) is 5.75 Å². The highest BCUT2D eigenvalue weighted by Gasteiger charge is 2.13. The zero-order valence-corrected chi connectivity index (χ0v) is 14.1. The minimum atomic E-state index is -0.615. The molecule has 1 aliphatic carbocycles. The minimum Gasteiger partial charge on any atom is -0.434 e. The maximum Gasteiger partial charge on any atom is 0.513 e. The molecule has 3 nitrogen and oxygen atoms in total. The predicted octanol–water partition coefficient (Wildman–Crippen LogP) is 5.90. The number of carbonyl (C=O) groups is 1. The van der Waals surface area contributed by atoms with E-state index in [4.69, 9.17) is 9.47 Å². The lowest BCUT2D eigenvalue weighted by molar-refractivity contribution is 0.0975. The third-order valence-electron chi connectivity index (χ3n) is 4.37. The summed E-state index contributed by atoms with van der Waals surface area (Å²) in [6, 6.07) is 9.00. The van der Waals surface area contributed by atoms with Crippen LogP contribution >= 0.6 is 0 Å². The van der Waals surface area contributed by atoms with E-state index in [9.17, 15) is 4.79 Å². The normalized spacial score (nSPS) is 17.4. The molecule has 0 heterocycles. The number of allylic oxidation sites excluding steroid dienone is 2. The van der Waals surface area contributed by atoms with Gasteiger partial charge in [-0.1, -0.05) is 49.6 Å². The fourth-order valence-electron chi connectivity index (χ4n) is 3.06. The monoisotopic (exact) mass is 316 g/mol. The van der Waals surface area contributed by atoms with Gasteiger partial charge in [0, 0.05) is 0 Å². The van der Waals surface area contributed by atoms with Crippen LogP contribution in [-0.2, 0) is 4.74 Å². The molecule has 0 radical (unpaired) electrons. The first-order chi connectivity index (χ1) is 11.3. The lowest BCUT2D eigenvalue weighted by atomic mass is 9.85. The minimum absolute atomic E-state index is 0.428. The van der Waals surface area contributed by atoms with Gasteiger partial charge in [-0.15, -0.1) is 0 Å². The Hall–Kier alpha value is -1.77. The summed E-state index contributed by atoms with van der Waals surface area (Å²) in [6.45, 7) is 2.69. The molecule has 2 rings (SSSR count). The van der Waals surface area contributed by atoms with E-state index in [1.807, 2.05) is 18.2 Å². The fourth-order valence-corrected chi connectivity index (χ4v) is 3.06. The third-order valence-corrected chi connectivity index (χ3v) is 4.37. The molecule has 0 fully saturated rings. The number of rotatable bonds is 8. The Balaban J connectivity index is 1.53. The highest BCUT2D eigenvalue weighted by atomic mass is 16.7. The van der Waals surface area contributed by atoms with Crippen molar-refractivity contribution in [3.05, 3.63) is 42.0 Å². The van der Waals surface area contributed by atoms with Crippen LogP contribution in [0.3, 0.4) is 0 Å². The quantitative estimate of drug-likeness (QED) is 0.259. The molecule has 0 amide bonds. The Morgan fingerprint density at radius 2 is 2.04 bits per heavy atom. The van der Waals surface area contributed by atoms with Crippen LogP contribution in [0.1, 0.15) is 58.3 Å². The van der Waals surface area contributed by atoms with Crippen molar-refractivity contribution in [1.29, 1.82) is 0 Å². The Labute approximate surface area is 139 Å². The highest BCUT2D eigenvalue weighted by Crippen LogP contribution is 2.29. The first-order valence-electron chi connectivity index (χ1n) is 8.85. The van der Waals surface area contributed by atoms with E-state index in [0.29, 0.717) is 12.4 Å². The molecular formula is C20H28O3. The Kier molecular flexibility index (Phi) is 7.71. The van der Waals surface area contributed by atoms with Crippen molar-refractivity contribution in [2.24, 2.45) is 5.92 Å². The molecule has 0 spiro atoms. The number of hydrogen-bond donors (Lipinski definition) is 0. The first-order valence-corrected chi connectivity index (χ1v) is 8.85. The van der Waals surface area contributed by atoms with Crippen LogP contribution in [0.15, 0.2) is 42.0 Å². The van der Waals surface area contributed by atoms with Crippen molar-refractivity contribution >= 4 is 6.16 Å². The highest BCUT2D eigenvalue weighted by molar-refractivity contribution is 5.63. The van der Waals surface area contributed by atoms with E-state index >= 15 is 0 Å². The summed E-state index contributed by atoms with van der Waals surface area (Å²) in [5, 5.41) is 0. The van der Waals surface area contributed by atoms with Crippen LogP contribution in [0.5, 0.6) is 5.75 Å². The molecule has 1 unspecified atom stereocenters. The summed E-state index contributed by atoms with van der Waals surface area (Å²) < 4.78 is 10.2. The number of unbranched alkanes of at least 4 members (excludes halogenated alkanes) is 1. The second-order valence-corrected chi connectivity index (χ2v) is 6.26. The maximum absolute atomic E-state index is 11.5. The maximum atomic E-state index is 11.5. The van der Waals surface area contributed by atoms with Gasteiger partial charge in [-0.25, -0.2) is 4.79 Å². The second kappa shape index (κ2) is 10.1. The van der Waals surface area contributed by atoms with Crippen molar-refractivity contribution in [2.75, 3.05) is 6.61 Å². The number of benzene rings is 1. The van der Waals surface area contributed by atoms with Gasteiger partial charge in [-0.3, -0.25) is 0 Å². The van der Waals surface area contributed by atoms with Crippen LogP contribution < -0.4 is 4.74 Å². The number of para-hydroxylation sites is 1. The first kappa shape index (κ1) is 17.6. The Morgan fingerprint density at radius 3 is 2.74 bits per heavy atom. The van der Waals surface area contributed by atoms with Gasteiger partial charge in [0.2, 0.25) is 0 Å². The van der Waals surface area contributed by atoms with Gasteiger partial charge >= 0.3 is 6.16 Å². The zero-order chi connectivity index (χ0) is 16.3. The largest absolute Gasteiger partial charge is 0.513 e. The number of hydrogen-bond acceptors (Lipinski definition) is 3. The Morgan fingerprint density at radius 1 is 1.22 bits per heavy atom. The SMILES string of the molecule is CCCC1CC=C(CCCCOC(=O)Oc2ccccc2)CC1. The zero-order valence-electron chi connectivity index (χ0n) is 14.1. The molecule has 1 aromatic carbocycles. The van der Waals surface area contributed by atoms with Gasteiger partial charge in [-0.2, -0.15) is 0 Å². The molecule has 0 N–H and O–H groups in total. The van der Waals surface area contributed by atoms with Gasteiger partial charge in [0.25, 0.3) is 0 Å². The van der Waals surface area contributed by atoms with Gasteiger partial charge < -0.3 is 9.47 Å².